The van der Waals surface area contributed by atoms with Crippen molar-refractivity contribution in [3.05, 3.63) is 70.4 Å². The van der Waals surface area contributed by atoms with Crippen molar-refractivity contribution in [3.8, 4) is 0 Å². The number of amidine groups is 1. The fourth-order valence-corrected chi connectivity index (χ4v) is 4.39. The number of benzene rings is 2. The number of nitrogens with one attached hydrogen (secondary N) is 1. The number of thioether (sulfide) groups is 1. The molecule has 0 aromatic heterocycles. The molecule has 0 fully saturated rings. The molecule has 1 N–H and O–H groups in total. The summed E-state index contributed by atoms with van der Waals surface area (Å²) in [6.45, 7) is 10.2. The molecule has 4 nitrogen and oxygen atoms in total. The Morgan fingerprint density at radius 2 is 1.83 bits per heavy atom. The standard InChI is InChI=1S/C23H26ClN3OS/c1-15-6-10-19(11-7-15)27-17(3)13-23(4,5)26-22(27)29-14-21(28)25-20-12-18(24)9-8-16(20)2/h6-13H,14H2,1-5H3,(H,25,28). The molecule has 0 bridgehead atoms. The number of halogens is 1. The molecule has 6 heteroatoms. The van der Waals surface area contributed by atoms with E-state index in [-0.39, 0.29) is 17.2 Å². The number of nitrogens with zero attached hydrogens (tertiary/aromatic N) is 2. The first-order chi connectivity index (χ1) is 13.6. The number of aliphatic imine (C=N–C) groups is 1. The van der Waals surface area contributed by atoms with Crippen LogP contribution in [0.25, 0.3) is 0 Å². The summed E-state index contributed by atoms with van der Waals surface area (Å²) in [6, 6.07) is 13.8. The van der Waals surface area contributed by atoms with Crippen LogP contribution in [0, 0.1) is 13.8 Å². The number of aryl methyl sites for hydroxylation is 2. The summed E-state index contributed by atoms with van der Waals surface area (Å²) < 4.78 is 0. The largest absolute Gasteiger partial charge is 0.325 e. The van der Waals surface area contributed by atoms with E-state index in [9.17, 15) is 4.79 Å². The normalized spacial score (nSPS) is 15.6. The lowest BCUT2D eigenvalue weighted by molar-refractivity contribution is -0.113. The van der Waals surface area contributed by atoms with Gasteiger partial charge in [0.15, 0.2) is 5.17 Å². The van der Waals surface area contributed by atoms with Gasteiger partial charge in [-0.15, -0.1) is 0 Å². The highest BCUT2D eigenvalue weighted by atomic mass is 35.5. The van der Waals surface area contributed by atoms with E-state index in [2.05, 4.69) is 68.3 Å². The Bertz CT molecular complexity index is 980. The number of hydrogen-bond acceptors (Lipinski definition) is 4. The van der Waals surface area contributed by atoms with Gasteiger partial charge in [0, 0.05) is 22.1 Å². The zero-order valence-electron chi connectivity index (χ0n) is 17.4. The van der Waals surface area contributed by atoms with Crippen LogP contribution in [0.4, 0.5) is 11.4 Å². The number of carbonyl (C=O) groups is 1. The summed E-state index contributed by atoms with van der Waals surface area (Å²) in [5.74, 6) is 0.174. The lowest BCUT2D eigenvalue weighted by Gasteiger charge is -2.34. The maximum atomic E-state index is 12.6. The second-order valence-electron chi connectivity index (χ2n) is 7.80. The molecule has 3 rings (SSSR count). The van der Waals surface area contributed by atoms with Crippen molar-refractivity contribution in [1.82, 2.24) is 0 Å². The van der Waals surface area contributed by atoms with E-state index in [0.29, 0.717) is 5.02 Å². The van der Waals surface area contributed by atoms with E-state index < -0.39 is 0 Å². The average Bonchev–Trinajstić information content (AvgIpc) is 2.63. The second kappa shape index (κ2) is 8.64. The van der Waals surface area contributed by atoms with Gasteiger partial charge in [-0.2, -0.15) is 0 Å². The van der Waals surface area contributed by atoms with Gasteiger partial charge in [-0.3, -0.25) is 14.7 Å². The van der Waals surface area contributed by atoms with Gasteiger partial charge >= 0.3 is 0 Å². The highest BCUT2D eigenvalue weighted by Crippen LogP contribution is 2.32. The van der Waals surface area contributed by atoms with Crippen LogP contribution in [0.3, 0.4) is 0 Å². The topological polar surface area (TPSA) is 44.7 Å². The van der Waals surface area contributed by atoms with Crippen LogP contribution in [0.1, 0.15) is 31.9 Å². The molecule has 2 aromatic rings. The van der Waals surface area contributed by atoms with Crippen molar-refractivity contribution >= 4 is 45.8 Å². The van der Waals surface area contributed by atoms with E-state index in [1.54, 1.807) is 6.07 Å². The van der Waals surface area contributed by atoms with Gasteiger partial charge in [0.05, 0.1) is 11.3 Å². The molecule has 1 aliphatic rings. The summed E-state index contributed by atoms with van der Waals surface area (Å²) in [6.07, 6.45) is 2.15. The number of amides is 1. The van der Waals surface area contributed by atoms with Gasteiger partial charge in [0.2, 0.25) is 5.91 Å². The highest BCUT2D eigenvalue weighted by molar-refractivity contribution is 8.14. The third-order valence-electron chi connectivity index (χ3n) is 4.59. The molecule has 0 aliphatic carbocycles. The predicted octanol–water partition coefficient (Wildman–Crippen LogP) is 6.19. The molecular formula is C23H26ClN3OS. The maximum Gasteiger partial charge on any atom is 0.234 e. The molecule has 0 atom stereocenters. The molecule has 0 unspecified atom stereocenters. The van der Waals surface area contributed by atoms with Crippen molar-refractivity contribution in [3.63, 3.8) is 0 Å². The maximum absolute atomic E-state index is 12.6. The van der Waals surface area contributed by atoms with Crippen LogP contribution in [0.5, 0.6) is 0 Å². The Labute approximate surface area is 182 Å². The molecule has 29 heavy (non-hydrogen) atoms. The van der Waals surface area contributed by atoms with Crippen molar-refractivity contribution in [2.24, 2.45) is 4.99 Å². The number of hydrogen-bond donors (Lipinski definition) is 1. The zero-order chi connectivity index (χ0) is 21.2. The third-order valence-corrected chi connectivity index (χ3v) is 5.76. The zero-order valence-corrected chi connectivity index (χ0v) is 19.0. The van der Waals surface area contributed by atoms with Gasteiger partial charge in [-0.25, -0.2) is 0 Å². The Hall–Kier alpha value is -2.24. The number of anilines is 2. The van der Waals surface area contributed by atoms with E-state index >= 15 is 0 Å². The first-order valence-electron chi connectivity index (χ1n) is 9.49. The predicted molar refractivity (Wildman–Crippen MR) is 126 cm³/mol. The Kier molecular flexibility index (Phi) is 6.39. The fourth-order valence-electron chi connectivity index (χ4n) is 3.21. The quantitative estimate of drug-likeness (QED) is 0.632. The average molecular weight is 428 g/mol. The van der Waals surface area contributed by atoms with E-state index in [0.717, 1.165) is 27.8 Å². The van der Waals surface area contributed by atoms with Gasteiger partial charge in [-0.1, -0.05) is 47.1 Å². The van der Waals surface area contributed by atoms with Crippen LogP contribution >= 0.6 is 23.4 Å². The van der Waals surface area contributed by atoms with Gasteiger partial charge in [0.25, 0.3) is 0 Å². The number of carbonyl (C=O) groups excluding carboxylic acids is 1. The highest BCUT2D eigenvalue weighted by Gasteiger charge is 2.27. The number of allylic oxidation sites excluding steroid dienone is 1. The Balaban J connectivity index is 1.77. The van der Waals surface area contributed by atoms with Gasteiger partial charge < -0.3 is 5.32 Å². The summed E-state index contributed by atoms with van der Waals surface area (Å²) >= 11 is 7.49. The molecular weight excluding hydrogens is 402 g/mol. The molecule has 1 heterocycles. The minimum atomic E-state index is -0.312. The molecule has 1 aliphatic heterocycles. The van der Waals surface area contributed by atoms with Crippen LogP contribution in [-0.2, 0) is 4.79 Å². The minimum Gasteiger partial charge on any atom is -0.325 e. The van der Waals surface area contributed by atoms with Crippen LogP contribution in [0.15, 0.2) is 59.2 Å². The Morgan fingerprint density at radius 3 is 2.52 bits per heavy atom. The monoisotopic (exact) mass is 427 g/mol. The lowest BCUT2D eigenvalue weighted by Crippen LogP contribution is -2.36. The van der Waals surface area contributed by atoms with E-state index in [4.69, 9.17) is 16.6 Å². The summed E-state index contributed by atoms with van der Waals surface area (Å²) in [7, 11) is 0. The first kappa shape index (κ1) is 21.5. The summed E-state index contributed by atoms with van der Waals surface area (Å²) in [5.41, 5.74) is 4.74. The fraction of sp³-hybridized carbons (Fsp3) is 0.304. The van der Waals surface area contributed by atoms with Crippen molar-refractivity contribution in [1.29, 1.82) is 0 Å². The van der Waals surface area contributed by atoms with Gasteiger partial charge in [0.1, 0.15) is 0 Å². The van der Waals surface area contributed by atoms with E-state index in [1.807, 2.05) is 19.1 Å². The van der Waals surface area contributed by atoms with Crippen LogP contribution < -0.4 is 10.2 Å². The molecule has 0 saturated heterocycles. The molecule has 0 spiro atoms. The smallest absolute Gasteiger partial charge is 0.234 e. The van der Waals surface area contributed by atoms with E-state index in [1.165, 1.54) is 17.3 Å². The first-order valence-corrected chi connectivity index (χ1v) is 10.9. The van der Waals surface area contributed by atoms with Gasteiger partial charge in [-0.05, 0) is 70.5 Å². The van der Waals surface area contributed by atoms with Crippen molar-refractivity contribution < 1.29 is 4.79 Å². The van der Waals surface area contributed by atoms with Crippen LogP contribution in [-0.4, -0.2) is 22.4 Å². The van der Waals surface area contributed by atoms with Crippen molar-refractivity contribution in [2.75, 3.05) is 16.0 Å². The molecule has 152 valence electrons. The minimum absolute atomic E-state index is 0.0862. The summed E-state index contributed by atoms with van der Waals surface area (Å²) in [4.78, 5) is 19.6. The molecule has 2 aromatic carbocycles. The lowest BCUT2D eigenvalue weighted by atomic mass is 10.0. The molecule has 0 saturated carbocycles. The van der Waals surface area contributed by atoms with Crippen molar-refractivity contribution in [2.45, 2.75) is 40.2 Å². The summed E-state index contributed by atoms with van der Waals surface area (Å²) in [5, 5.41) is 4.37. The molecule has 1 amide bonds. The van der Waals surface area contributed by atoms with Crippen LogP contribution in [0.2, 0.25) is 5.02 Å². The Morgan fingerprint density at radius 1 is 1.14 bits per heavy atom. The number of rotatable bonds is 4. The third kappa shape index (κ3) is 5.43. The SMILES string of the molecule is CC1=CC(C)(C)N=C(SCC(=O)Nc2cc(Cl)ccc2C)N1c1ccc(C)cc1. The second-order valence-corrected chi connectivity index (χ2v) is 9.18. The molecule has 0 radical (unpaired) electrons.